The first-order valence-corrected chi connectivity index (χ1v) is 10.5. The van der Waals surface area contributed by atoms with E-state index in [2.05, 4.69) is 44.5 Å². The largest absolute Gasteiger partial charge is 0.294 e. The molecular weight excluding hydrogens is 342 g/mol. The molecule has 3 heterocycles. The van der Waals surface area contributed by atoms with Gasteiger partial charge in [0.2, 0.25) is 15.0 Å². The molecule has 0 spiro atoms. The Morgan fingerprint density at radius 1 is 1.29 bits per heavy atom. The van der Waals surface area contributed by atoms with Crippen molar-refractivity contribution in [2.45, 2.75) is 24.7 Å². The Bertz CT molecular complexity index is 1010. The number of aromatic nitrogens is 2. The number of hydrogen-bond donors (Lipinski definition) is 0. The summed E-state index contributed by atoms with van der Waals surface area (Å²) in [4.78, 5) is 10.6. The van der Waals surface area contributed by atoms with Gasteiger partial charge in [-0.1, -0.05) is 18.2 Å². The minimum atomic E-state index is -3.35. The van der Waals surface area contributed by atoms with Crippen molar-refractivity contribution in [3.63, 3.8) is 0 Å². The van der Waals surface area contributed by atoms with Gasteiger partial charge in [0, 0.05) is 48.8 Å². The molecule has 1 aliphatic rings. The van der Waals surface area contributed by atoms with Crippen LogP contribution in [0.3, 0.4) is 0 Å². The quantitative estimate of drug-likeness (QED) is 0.673. The van der Waals surface area contributed by atoms with E-state index in [1.54, 1.807) is 17.5 Å². The molecule has 4 rings (SSSR count). The molecular formula is C17H17N3O2S2. The van der Waals surface area contributed by atoms with Gasteiger partial charge in [0.1, 0.15) is 0 Å². The molecule has 0 saturated carbocycles. The first-order chi connectivity index (χ1) is 11.5. The predicted octanol–water partition coefficient (Wildman–Crippen LogP) is 2.65. The van der Waals surface area contributed by atoms with E-state index < -0.39 is 9.84 Å². The zero-order valence-electron chi connectivity index (χ0n) is 13.3. The molecule has 0 amide bonds. The highest BCUT2D eigenvalue weighted by Crippen LogP contribution is 2.28. The SMILES string of the molecule is CS(=O)(=O)c1ncc2c(n1)CCN(Cc1csc3ccccc13)C2. The molecule has 124 valence electrons. The molecule has 0 atom stereocenters. The van der Waals surface area contributed by atoms with Crippen LogP contribution in [0.5, 0.6) is 0 Å². The standard InChI is InChI=1S/C17H17N3O2S2/c1-24(21,22)17-18-8-12-9-20(7-6-15(12)19-17)10-13-11-23-16-5-3-2-4-14(13)16/h2-5,8,11H,6-7,9-10H2,1H3. The van der Waals surface area contributed by atoms with Gasteiger partial charge in [0.15, 0.2) is 0 Å². The Morgan fingerprint density at radius 2 is 2.12 bits per heavy atom. The van der Waals surface area contributed by atoms with Crippen LogP contribution in [0.4, 0.5) is 0 Å². The molecule has 0 saturated heterocycles. The second-order valence-corrected chi connectivity index (χ2v) is 8.94. The van der Waals surface area contributed by atoms with Crippen LogP contribution in [-0.2, 0) is 29.3 Å². The smallest absolute Gasteiger partial charge is 0.246 e. The second kappa shape index (κ2) is 5.91. The van der Waals surface area contributed by atoms with Gasteiger partial charge >= 0.3 is 0 Å². The predicted molar refractivity (Wildman–Crippen MR) is 94.8 cm³/mol. The summed E-state index contributed by atoms with van der Waals surface area (Å²) in [6.45, 7) is 2.51. The highest BCUT2D eigenvalue weighted by atomic mass is 32.2. The van der Waals surface area contributed by atoms with Crippen molar-refractivity contribution >= 4 is 31.3 Å². The molecule has 5 nitrogen and oxygen atoms in total. The van der Waals surface area contributed by atoms with Gasteiger partial charge in [-0.3, -0.25) is 4.90 Å². The van der Waals surface area contributed by atoms with E-state index in [0.29, 0.717) is 0 Å². The third-order valence-electron chi connectivity index (χ3n) is 4.28. The van der Waals surface area contributed by atoms with E-state index in [4.69, 9.17) is 0 Å². The van der Waals surface area contributed by atoms with Crippen LogP contribution in [0.25, 0.3) is 10.1 Å². The van der Waals surface area contributed by atoms with Crippen LogP contribution >= 0.6 is 11.3 Å². The average molecular weight is 359 g/mol. The fourth-order valence-corrected chi connectivity index (χ4v) is 4.54. The number of benzene rings is 1. The monoisotopic (exact) mass is 359 g/mol. The fourth-order valence-electron chi connectivity index (χ4n) is 3.07. The van der Waals surface area contributed by atoms with Crippen molar-refractivity contribution in [2.24, 2.45) is 0 Å². The van der Waals surface area contributed by atoms with Crippen molar-refractivity contribution in [2.75, 3.05) is 12.8 Å². The molecule has 0 unspecified atom stereocenters. The molecule has 2 aromatic heterocycles. The van der Waals surface area contributed by atoms with Crippen molar-refractivity contribution in [3.8, 4) is 0 Å². The van der Waals surface area contributed by atoms with E-state index in [9.17, 15) is 8.42 Å². The third kappa shape index (κ3) is 2.94. The molecule has 3 aromatic rings. The number of sulfone groups is 1. The van der Waals surface area contributed by atoms with E-state index >= 15 is 0 Å². The number of fused-ring (bicyclic) bond motifs is 2. The molecule has 0 N–H and O–H groups in total. The maximum Gasteiger partial charge on any atom is 0.246 e. The summed E-state index contributed by atoms with van der Waals surface area (Å²) in [5, 5.41) is 3.47. The Labute approximate surface area is 144 Å². The van der Waals surface area contributed by atoms with Crippen LogP contribution in [0.2, 0.25) is 0 Å². The fraction of sp³-hybridized carbons (Fsp3) is 0.294. The Kier molecular flexibility index (Phi) is 3.86. The molecule has 24 heavy (non-hydrogen) atoms. The maximum atomic E-state index is 11.6. The summed E-state index contributed by atoms with van der Waals surface area (Å²) in [6, 6.07) is 8.46. The first-order valence-electron chi connectivity index (χ1n) is 7.73. The number of hydrogen-bond acceptors (Lipinski definition) is 6. The molecule has 0 radical (unpaired) electrons. The van der Waals surface area contributed by atoms with Gasteiger partial charge in [-0.25, -0.2) is 18.4 Å². The second-order valence-electron chi connectivity index (χ2n) is 6.11. The van der Waals surface area contributed by atoms with Crippen LogP contribution in [-0.4, -0.2) is 36.1 Å². The minimum absolute atomic E-state index is 0.0708. The molecule has 7 heteroatoms. The van der Waals surface area contributed by atoms with Gasteiger partial charge in [-0.05, 0) is 22.4 Å². The van der Waals surface area contributed by atoms with Crippen molar-refractivity contribution in [3.05, 3.63) is 52.7 Å². The van der Waals surface area contributed by atoms with Crippen LogP contribution in [0.15, 0.2) is 41.0 Å². The first kappa shape index (κ1) is 15.7. The average Bonchev–Trinajstić information content (AvgIpc) is 2.97. The Balaban J connectivity index is 1.56. The zero-order valence-corrected chi connectivity index (χ0v) is 14.9. The lowest BCUT2D eigenvalue weighted by atomic mass is 10.1. The molecule has 0 bridgehead atoms. The van der Waals surface area contributed by atoms with Crippen molar-refractivity contribution < 1.29 is 8.42 Å². The van der Waals surface area contributed by atoms with Crippen molar-refractivity contribution in [1.82, 2.24) is 14.9 Å². The Morgan fingerprint density at radius 3 is 2.96 bits per heavy atom. The molecule has 1 aliphatic heterocycles. The summed E-state index contributed by atoms with van der Waals surface area (Å²) in [5.41, 5.74) is 3.22. The summed E-state index contributed by atoms with van der Waals surface area (Å²) in [7, 11) is -3.35. The minimum Gasteiger partial charge on any atom is -0.294 e. The van der Waals surface area contributed by atoms with Gasteiger partial charge in [0.25, 0.3) is 0 Å². The van der Waals surface area contributed by atoms with Crippen LogP contribution in [0.1, 0.15) is 16.8 Å². The summed E-state index contributed by atoms with van der Waals surface area (Å²) in [6.07, 6.45) is 3.56. The van der Waals surface area contributed by atoms with Crippen LogP contribution in [0, 0.1) is 0 Å². The number of thiophene rings is 1. The molecule has 0 aliphatic carbocycles. The highest BCUT2D eigenvalue weighted by molar-refractivity contribution is 7.90. The molecule has 1 aromatic carbocycles. The summed E-state index contributed by atoms with van der Waals surface area (Å²) in [5.74, 6) is 0. The van der Waals surface area contributed by atoms with Gasteiger partial charge in [0.05, 0.1) is 5.69 Å². The van der Waals surface area contributed by atoms with Crippen LogP contribution < -0.4 is 0 Å². The molecule has 0 fully saturated rings. The zero-order chi connectivity index (χ0) is 16.7. The number of nitrogens with zero attached hydrogens (tertiary/aromatic N) is 3. The van der Waals surface area contributed by atoms with E-state index in [-0.39, 0.29) is 5.16 Å². The number of rotatable bonds is 3. The van der Waals surface area contributed by atoms with Gasteiger partial charge in [-0.15, -0.1) is 11.3 Å². The van der Waals surface area contributed by atoms with Crippen molar-refractivity contribution in [1.29, 1.82) is 0 Å². The van der Waals surface area contributed by atoms with E-state index in [1.165, 1.54) is 15.6 Å². The maximum absolute atomic E-state index is 11.6. The summed E-state index contributed by atoms with van der Waals surface area (Å²) < 4.78 is 24.5. The highest BCUT2D eigenvalue weighted by Gasteiger charge is 2.21. The van der Waals surface area contributed by atoms with E-state index in [1.807, 2.05) is 0 Å². The van der Waals surface area contributed by atoms with Gasteiger partial charge in [-0.2, -0.15) is 0 Å². The topological polar surface area (TPSA) is 63.2 Å². The van der Waals surface area contributed by atoms with Gasteiger partial charge < -0.3 is 0 Å². The normalized spacial score (nSPS) is 15.5. The lowest BCUT2D eigenvalue weighted by Crippen LogP contribution is -2.31. The Hall–Kier alpha value is -1.83. The third-order valence-corrected chi connectivity index (χ3v) is 6.15. The summed E-state index contributed by atoms with van der Waals surface area (Å²) >= 11 is 1.77. The lowest BCUT2D eigenvalue weighted by molar-refractivity contribution is 0.243. The lowest BCUT2D eigenvalue weighted by Gasteiger charge is -2.27. The van der Waals surface area contributed by atoms with E-state index in [0.717, 1.165) is 43.6 Å².